The predicted octanol–water partition coefficient (Wildman–Crippen LogP) is 2.73. The second-order valence-electron chi connectivity index (χ2n) is 7.55. The Morgan fingerprint density at radius 2 is 2.24 bits per heavy atom. The van der Waals surface area contributed by atoms with Crippen LogP contribution in [0.1, 0.15) is 48.7 Å². The van der Waals surface area contributed by atoms with Gasteiger partial charge in [-0.05, 0) is 51.0 Å². The number of aromatic nitrogens is 4. The fourth-order valence-corrected chi connectivity index (χ4v) is 4.49. The van der Waals surface area contributed by atoms with Crippen molar-refractivity contribution in [1.82, 2.24) is 24.5 Å². The maximum absolute atomic E-state index is 12.9. The number of aryl methyl sites for hydroxylation is 1. The topological polar surface area (TPSA) is 95.4 Å². The number of hydrogen-bond acceptors (Lipinski definition) is 6. The third-order valence-electron chi connectivity index (χ3n) is 5.52. The molecule has 4 rings (SSSR count). The van der Waals surface area contributed by atoms with E-state index in [1.54, 1.807) is 18.3 Å². The highest BCUT2D eigenvalue weighted by Crippen LogP contribution is 2.18. The Hall–Kier alpha value is -2.68. The summed E-state index contributed by atoms with van der Waals surface area (Å²) in [5, 5.41) is 8.18. The lowest BCUT2D eigenvalue weighted by molar-refractivity contribution is -0.134. The zero-order valence-electron chi connectivity index (χ0n) is 16.8. The van der Waals surface area contributed by atoms with Gasteiger partial charge >= 0.3 is 0 Å². The van der Waals surface area contributed by atoms with Crippen molar-refractivity contribution in [2.75, 3.05) is 11.9 Å². The molecule has 2 N–H and O–H groups in total. The van der Waals surface area contributed by atoms with Crippen LogP contribution in [-0.4, -0.2) is 43.0 Å². The van der Waals surface area contributed by atoms with Crippen LogP contribution in [0.15, 0.2) is 22.3 Å². The van der Waals surface area contributed by atoms with E-state index in [1.165, 1.54) is 15.8 Å². The molecule has 3 aromatic rings. The number of likely N-dealkylation sites (tertiary alicyclic amines) is 1. The first kappa shape index (κ1) is 19.6. The molecule has 0 radical (unpaired) electrons. The van der Waals surface area contributed by atoms with Gasteiger partial charge in [0.05, 0.1) is 12.2 Å². The first-order chi connectivity index (χ1) is 14.0. The summed E-state index contributed by atoms with van der Waals surface area (Å²) in [6, 6.07) is 4.31. The monoisotopic (exact) mass is 414 g/mol. The van der Waals surface area contributed by atoms with Crippen LogP contribution in [0.2, 0.25) is 0 Å². The van der Waals surface area contributed by atoms with Crippen molar-refractivity contribution in [3.05, 3.63) is 44.0 Å². The van der Waals surface area contributed by atoms with Crippen LogP contribution >= 0.6 is 11.3 Å². The SMILES string of the molecule is Cc1nc2nc(NCc3cccs3)[nH]n2c(=O)c1CCC(=O)N1CCCC[C@H]1C. The smallest absolute Gasteiger partial charge is 0.277 e. The molecular weight excluding hydrogens is 388 g/mol. The highest BCUT2D eigenvalue weighted by molar-refractivity contribution is 7.09. The van der Waals surface area contributed by atoms with Crippen molar-refractivity contribution in [2.45, 2.75) is 58.5 Å². The lowest BCUT2D eigenvalue weighted by Crippen LogP contribution is -2.42. The Balaban J connectivity index is 1.49. The predicted molar refractivity (Wildman–Crippen MR) is 113 cm³/mol. The molecule has 154 valence electrons. The molecule has 4 heterocycles. The Morgan fingerprint density at radius 3 is 3.00 bits per heavy atom. The van der Waals surface area contributed by atoms with Gasteiger partial charge in [0, 0.05) is 29.4 Å². The van der Waals surface area contributed by atoms with E-state index in [9.17, 15) is 9.59 Å². The number of thiophene rings is 1. The molecular formula is C20H26N6O2S. The number of piperidine rings is 1. The van der Waals surface area contributed by atoms with E-state index in [-0.39, 0.29) is 17.5 Å². The molecule has 1 aliphatic heterocycles. The van der Waals surface area contributed by atoms with Crippen LogP contribution in [0.25, 0.3) is 5.78 Å². The number of carbonyl (C=O) groups excluding carboxylic acids is 1. The van der Waals surface area contributed by atoms with Gasteiger partial charge in [-0.25, -0.2) is 4.98 Å². The summed E-state index contributed by atoms with van der Waals surface area (Å²) >= 11 is 1.65. The first-order valence-electron chi connectivity index (χ1n) is 10.1. The zero-order chi connectivity index (χ0) is 20.4. The standard InChI is InChI=1S/C20H26N6O2S/c1-13-6-3-4-10-25(13)17(27)9-8-16-14(2)22-20-23-19(24-26(20)18(16)28)21-12-15-7-5-11-29-15/h5,7,11,13H,3-4,6,8-10,12H2,1-2H3,(H2,21,22,23,24)/t13-/m1/s1. The van der Waals surface area contributed by atoms with Crippen molar-refractivity contribution in [2.24, 2.45) is 0 Å². The van der Waals surface area contributed by atoms with Crippen LogP contribution in [-0.2, 0) is 17.8 Å². The van der Waals surface area contributed by atoms with E-state index < -0.39 is 0 Å². The average Bonchev–Trinajstić information content (AvgIpc) is 3.36. The van der Waals surface area contributed by atoms with Crippen LogP contribution in [0.3, 0.4) is 0 Å². The molecule has 0 bridgehead atoms. The summed E-state index contributed by atoms with van der Waals surface area (Å²) in [4.78, 5) is 37.5. The third-order valence-corrected chi connectivity index (χ3v) is 6.39. The summed E-state index contributed by atoms with van der Waals surface area (Å²) in [5.74, 6) is 0.947. The van der Waals surface area contributed by atoms with Gasteiger partial charge in [-0.3, -0.25) is 14.7 Å². The number of hydrogen-bond donors (Lipinski definition) is 2. The number of anilines is 1. The number of fused-ring (bicyclic) bond motifs is 1. The van der Waals surface area contributed by atoms with Crippen molar-refractivity contribution in [1.29, 1.82) is 0 Å². The van der Waals surface area contributed by atoms with Gasteiger partial charge in [-0.1, -0.05) is 6.07 Å². The van der Waals surface area contributed by atoms with Gasteiger partial charge in [-0.15, -0.1) is 11.3 Å². The summed E-state index contributed by atoms with van der Waals surface area (Å²) in [7, 11) is 0. The number of H-pyrrole nitrogens is 1. The Morgan fingerprint density at radius 1 is 1.38 bits per heavy atom. The molecule has 9 heteroatoms. The minimum absolute atomic E-state index is 0.115. The molecule has 0 aromatic carbocycles. The molecule has 1 saturated heterocycles. The average molecular weight is 415 g/mol. The van der Waals surface area contributed by atoms with E-state index in [1.807, 2.05) is 22.4 Å². The van der Waals surface area contributed by atoms with Crippen molar-refractivity contribution >= 4 is 29.0 Å². The molecule has 3 aromatic heterocycles. The van der Waals surface area contributed by atoms with Crippen molar-refractivity contribution in [3.63, 3.8) is 0 Å². The zero-order valence-corrected chi connectivity index (χ0v) is 17.6. The fraction of sp³-hybridized carbons (Fsp3) is 0.500. The van der Waals surface area contributed by atoms with Crippen LogP contribution in [0.5, 0.6) is 0 Å². The highest BCUT2D eigenvalue weighted by Gasteiger charge is 2.23. The van der Waals surface area contributed by atoms with Crippen LogP contribution in [0, 0.1) is 6.92 Å². The van der Waals surface area contributed by atoms with E-state index in [0.717, 1.165) is 19.4 Å². The number of amides is 1. The molecule has 1 atom stereocenters. The normalized spacial score (nSPS) is 17.0. The Labute approximate surface area is 173 Å². The molecule has 1 fully saturated rings. The van der Waals surface area contributed by atoms with Gasteiger partial charge in [0.15, 0.2) is 0 Å². The van der Waals surface area contributed by atoms with Crippen LogP contribution in [0.4, 0.5) is 5.95 Å². The quantitative estimate of drug-likeness (QED) is 0.647. The molecule has 1 aliphatic rings. The van der Waals surface area contributed by atoms with Crippen LogP contribution < -0.4 is 10.9 Å². The summed E-state index contributed by atoms with van der Waals surface area (Å²) < 4.78 is 1.35. The molecule has 0 saturated carbocycles. The minimum atomic E-state index is -0.191. The summed E-state index contributed by atoms with van der Waals surface area (Å²) in [5.41, 5.74) is 1.00. The number of nitrogens with one attached hydrogen (secondary N) is 2. The molecule has 8 nitrogen and oxygen atoms in total. The molecule has 0 aliphatic carbocycles. The minimum Gasteiger partial charge on any atom is -0.350 e. The largest absolute Gasteiger partial charge is 0.350 e. The van der Waals surface area contributed by atoms with Gasteiger partial charge in [-0.2, -0.15) is 9.50 Å². The molecule has 29 heavy (non-hydrogen) atoms. The molecule has 0 spiro atoms. The van der Waals surface area contributed by atoms with E-state index in [0.29, 0.717) is 42.4 Å². The van der Waals surface area contributed by atoms with E-state index in [4.69, 9.17) is 0 Å². The lowest BCUT2D eigenvalue weighted by atomic mass is 10.0. The number of nitrogens with zero attached hydrogens (tertiary/aromatic N) is 4. The molecule has 0 unspecified atom stereocenters. The highest BCUT2D eigenvalue weighted by atomic mass is 32.1. The second kappa shape index (κ2) is 8.36. The second-order valence-corrected chi connectivity index (χ2v) is 8.59. The number of aromatic amines is 1. The van der Waals surface area contributed by atoms with E-state index >= 15 is 0 Å². The van der Waals surface area contributed by atoms with Gasteiger partial charge in [0.2, 0.25) is 11.9 Å². The Bertz CT molecular complexity index is 1060. The molecule has 1 amide bonds. The van der Waals surface area contributed by atoms with E-state index in [2.05, 4.69) is 27.3 Å². The number of rotatable bonds is 6. The van der Waals surface area contributed by atoms with Gasteiger partial charge in [0.1, 0.15) is 0 Å². The van der Waals surface area contributed by atoms with Gasteiger partial charge < -0.3 is 10.2 Å². The van der Waals surface area contributed by atoms with Crippen molar-refractivity contribution < 1.29 is 4.79 Å². The summed E-state index contributed by atoms with van der Waals surface area (Å²) in [6.45, 7) is 5.34. The van der Waals surface area contributed by atoms with Crippen molar-refractivity contribution in [3.8, 4) is 0 Å². The number of carbonyl (C=O) groups is 1. The lowest BCUT2D eigenvalue weighted by Gasteiger charge is -2.33. The Kier molecular flexibility index (Phi) is 5.66. The fourth-order valence-electron chi connectivity index (χ4n) is 3.85. The van der Waals surface area contributed by atoms with Gasteiger partial charge in [0.25, 0.3) is 11.3 Å². The third kappa shape index (κ3) is 4.19. The summed E-state index contributed by atoms with van der Waals surface area (Å²) in [6.07, 6.45) is 4.00. The maximum Gasteiger partial charge on any atom is 0.277 e. The maximum atomic E-state index is 12.9. The first-order valence-corrected chi connectivity index (χ1v) is 10.9.